The molecule has 102 valence electrons. The Hall–Kier alpha value is -1.44. The second-order valence-corrected chi connectivity index (χ2v) is 5.62. The minimum atomic E-state index is 0.239. The molecule has 2 aromatic rings. The highest BCUT2D eigenvalue weighted by molar-refractivity contribution is 5.86. The van der Waals surface area contributed by atoms with E-state index in [1.54, 1.807) is 0 Å². The normalized spacial score (nSPS) is 21.2. The van der Waals surface area contributed by atoms with E-state index in [1.807, 2.05) is 32.4 Å². The number of aromatic nitrogens is 2. The van der Waals surface area contributed by atoms with E-state index < -0.39 is 0 Å². The van der Waals surface area contributed by atoms with Gasteiger partial charge in [-0.3, -0.25) is 9.97 Å². The van der Waals surface area contributed by atoms with Crippen LogP contribution >= 0.6 is 0 Å². The minimum Gasteiger partial charge on any atom is -0.262 e. The molecule has 0 radical (unpaired) electrons. The summed E-state index contributed by atoms with van der Waals surface area (Å²) in [6.07, 6.45) is 8.20. The molecule has 3 rings (SSSR count). The number of hydrogen-bond donors (Lipinski definition) is 0. The Morgan fingerprint density at radius 3 is 2.63 bits per heavy atom. The highest BCUT2D eigenvalue weighted by Crippen LogP contribution is 2.43. The molecule has 2 heteroatoms. The Morgan fingerprint density at radius 2 is 1.95 bits per heavy atom. The summed E-state index contributed by atoms with van der Waals surface area (Å²) in [7, 11) is 0. The van der Waals surface area contributed by atoms with Crippen molar-refractivity contribution in [3.05, 3.63) is 35.8 Å². The van der Waals surface area contributed by atoms with E-state index in [0.29, 0.717) is 5.92 Å². The number of nitrogens with zero attached hydrogens (tertiary/aromatic N) is 2. The van der Waals surface area contributed by atoms with Crippen LogP contribution in [0.25, 0.3) is 10.9 Å². The molecular formula is C17H24N2. The molecule has 0 aromatic carbocycles. The van der Waals surface area contributed by atoms with Gasteiger partial charge in [-0.15, -0.1) is 0 Å². The second-order valence-electron chi connectivity index (χ2n) is 5.62. The zero-order chi connectivity index (χ0) is 14.0. The number of pyridine rings is 2. The molecule has 2 nitrogen and oxygen atoms in total. The van der Waals surface area contributed by atoms with Crippen LogP contribution in [0.3, 0.4) is 0 Å². The van der Waals surface area contributed by atoms with Gasteiger partial charge in [0.15, 0.2) is 0 Å². The fourth-order valence-corrected chi connectivity index (χ4v) is 2.95. The summed E-state index contributed by atoms with van der Waals surface area (Å²) >= 11 is 0. The molecule has 0 saturated carbocycles. The van der Waals surface area contributed by atoms with Crippen molar-refractivity contribution in [2.24, 2.45) is 5.92 Å². The van der Waals surface area contributed by atoms with Crippen molar-refractivity contribution in [3.8, 4) is 0 Å². The van der Waals surface area contributed by atoms with E-state index >= 15 is 0 Å². The van der Waals surface area contributed by atoms with E-state index in [0.717, 1.165) is 11.9 Å². The second kappa shape index (κ2) is 5.28. The summed E-state index contributed by atoms with van der Waals surface area (Å²) in [5.74, 6) is 0.628. The predicted octanol–water partition coefficient (Wildman–Crippen LogP) is 4.52. The Kier molecular flexibility index (Phi) is 3.88. The van der Waals surface area contributed by atoms with Crippen molar-refractivity contribution >= 4 is 10.9 Å². The Bertz CT molecular complexity index is 569. The molecule has 0 fully saturated rings. The van der Waals surface area contributed by atoms with Gasteiger partial charge in [-0.2, -0.15) is 0 Å². The lowest BCUT2D eigenvalue weighted by Crippen LogP contribution is -2.32. The fourth-order valence-electron chi connectivity index (χ4n) is 2.95. The van der Waals surface area contributed by atoms with Crippen molar-refractivity contribution in [3.63, 3.8) is 0 Å². The van der Waals surface area contributed by atoms with Crippen LogP contribution in [0.15, 0.2) is 24.7 Å². The Labute approximate surface area is 116 Å². The lowest BCUT2D eigenvalue weighted by Gasteiger charge is -2.38. The van der Waals surface area contributed by atoms with Gasteiger partial charge >= 0.3 is 0 Å². The van der Waals surface area contributed by atoms with Gasteiger partial charge in [0, 0.05) is 17.8 Å². The molecule has 19 heavy (non-hydrogen) atoms. The van der Waals surface area contributed by atoms with Gasteiger partial charge in [0.25, 0.3) is 0 Å². The Morgan fingerprint density at radius 1 is 1.21 bits per heavy atom. The van der Waals surface area contributed by atoms with E-state index in [9.17, 15) is 0 Å². The van der Waals surface area contributed by atoms with E-state index in [1.165, 1.54) is 22.9 Å². The van der Waals surface area contributed by atoms with E-state index in [4.69, 9.17) is 0 Å². The summed E-state index contributed by atoms with van der Waals surface area (Å²) in [4.78, 5) is 8.82. The fraction of sp³-hybridized carbons (Fsp3) is 0.529. The molecule has 0 N–H and O–H groups in total. The van der Waals surface area contributed by atoms with Crippen molar-refractivity contribution in [1.82, 2.24) is 9.97 Å². The highest BCUT2D eigenvalue weighted by atomic mass is 14.7. The van der Waals surface area contributed by atoms with Crippen LogP contribution < -0.4 is 0 Å². The van der Waals surface area contributed by atoms with E-state index in [-0.39, 0.29) is 5.41 Å². The highest BCUT2D eigenvalue weighted by Gasteiger charge is 2.35. The zero-order valence-electron chi connectivity index (χ0n) is 12.7. The molecule has 0 spiro atoms. The molecular weight excluding hydrogens is 232 g/mol. The number of hydrogen-bond acceptors (Lipinski definition) is 2. The van der Waals surface area contributed by atoms with Crippen LogP contribution in [-0.4, -0.2) is 9.97 Å². The van der Waals surface area contributed by atoms with Crippen LogP contribution in [0.1, 0.15) is 52.2 Å². The van der Waals surface area contributed by atoms with Crippen LogP contribution in [0, 0.1) is 5.92 Å². The molecule has 0 aliphatic heterocycles. The van der Waals surface area contributed by atoms with Crippen molar-refractivity contribution in [2.45, 2.75) is 52.9 Å². The van der Waals surface area contributed by atoms with Gasteiger partial charge in [0.2, 0.25) is 0 Å². The summed E-state index contributed by atoms with van der Waals surface area (Å²) in [5.41, 5.74) is 4.11. The SMILES string of the molecule is CC.CC(C)C1(C)CCc2ccnc3cncc1c23. The first-order valence-electron chi connectivity index (χ1n) is 7.35. The number of rotatable bonds is 1. The maximum Gasteiger partial charge on any atom is 0.0890 e. The van der Waals surface area contributed by atoms with Crippen LogP contribution in [-0.2, 0) is 11.8 Å². The molecule has 2 heterocycles. The summed E-state index contributed by atoms with van der Waals surface area (Å²) in [5, 5.41) is 1.35. The van der Waals surface area contributed by atoms with Gasteiger partial charge < -0.3 is 0 Å². The van der Waals surface area contributed by atoms with Gasteiger partial charge in [0.05, 0.1) is 11.7 Å². The van der Waals surface area contributed by atoms with Crippen LogP contribution in [0.4, 0.5) is 0 Å². The van der Waals surface area contributed by atoms with Gasteiger partial charge in [-0.05, 0) is 41.4 Å². The lowest BCUT2D eigenvalue weighted by atomic mass is 9.66. The summed E-state index contributed by atoms with van der Waals surface area (Å²) < 4.78 is 0. The molecule has 1 atom stereocenters. The number of aryl methyl sites for hydroxylation is 1. The molecule has 0 bridgehead atoms. The molecule has 0 amide bonds. The van der Waals surface area contributed by atoms with Crippen molar-refractivity contribution in [2.75, 3.05) is 0 Å². The lowest BCUT2D eigenvalue weighted by molar-refractivity contribution is 0.310. The molecule has 1 aliphatic carbocycles. The third-order valence-corrected chi connectivity index (χ3v) is 4.54. The topological polar surface area (TPSA) is 25.8 Å². The largest absolute Gasteiger partial charge is 0.262 e. The molecule has 0 saturated heterocycles. The maximum absolute atomic E-state index is 4.45. The summed E-state index contributed by atoms with van der Waals surface area (Å²) in [6, 6.07) is 2.16. The molecule has 1 unspecified atom stereocenters. The van der Waals surface area contributed by atoms with E-state index in [2.05, 4.69) is 36.8 Å². The first-order valence-corrected chi connectivity index (χ1v) is 7.35. The van der Waals surface area contributed by atoms with Crippen molar-refractivity contribution < 1.29 is 0 Å². The summed E-state index contributed by atoms with van der Waals surface area (Å²) in [6.45, 7) is 11.0. The van der Waals surface area contributed by atoms with Gasteiger partial charge in [0.1, 0.15) is 0 Å². The standard InChI is InChI=1S/C15H18N2.C2H6/c1-10(2)15(3)6-4-11-5-7-17-13-9-16-8-12(15)14(11)13;1-2/h5,7-10H,4,6H2,1-3H3;1-2H3. The zero-order valence-corrected chi connectivity index (χ0v) is 12.7. The molecule has 1 aliphatic rings. The average Bonchev–Trinajstić information content (AvgIpc) is 2.45. The minimum absolute atomic E-state index is 0.239. The third kappa shape index (κ3) is 2.13. The third-order valence-electron chi connectivity index (χ3n) is 4.54. The first kappa shape index (κ1) is 14.0. The maximum atomic E-state index is 4.45. The monoisotopic (exact) mass is 256 g/mol. The quantitative estimate of drug-likeness (QED) is 0.750. The van der Waals surface area contributed by atoms with Crippen molar-refractivity contribution in [1.29, 1.82) is 0 Å². The predicted molar refractivity (Wildman–Crippen MR) is 81.4 cm³/mol. The van der Waals surface area contributed by atoms with Crippen LogP contribution in [0.2, 0.25) is 0 Å². The van der Waals surface area contributed by atoms with Gasteiger partial charge in [-0.25, -0.2) is 0 Å². The average molecular weight is 256 g/mol. The Balaban J connectivity index is 0.000000637. The first-order chi connectivity index (χ1) is 9.13. The smallest absolute Gasteiger partial charge is 0.0890 e. The molecule has 2 aromatic heterocycles. The van der Waals surface area contributed by atoms with Gasteiger partial charge in [-0.1, -0.05) is 34.6 Å². The van der Waals surface area contributed by atoms with Crippen LogP contribution in [0.5, 0.6) is 0 Å².